The zero-order valence-electron chi connectivity index (χ0n) is 16.7. The number of carbonyl (C=O) groups is 1. The van der Waals surface area contributed by atoms with Crippen LogP contribution in [0.2, 0.25) is 5.02 Å². The van der Waals surface area contributed by atoms with Gasteiger partial charge in [-0.3, -0.25) is 14.9 Å². The molecule has 0 atom stereocenters. The number of hydrogen-bond acceptors (Lipinski definition) is 6. The quantitative estimate of drug-likeness (QED) is 0.246. The molecule has 164 valence electrons. The summed E-state index contributed by atoms with van der Waals surface area (Å²) >= 11 is 9.27. The Morgan fingerprint density at radius 2 is 1.88 bits per heavy atom. The largest absolute Gasteiger partial charge is 0.493 e. The molecular weight excluding hydrogens is 502 g/mol. The highest BCUT2D eigenvalue weighted by Gasteiger charge is 2.12. The Morgan fingerprint density at radius 3 is 2.50 bits per heavy atom. The zero-order chi connectivity index (χ0) is 23.1. The van der Waals surface area contributed by atoms with Crippen LogP contribution in [0.15, 0.2) is 70.2 Å². The van der Waals surface area contributed by atoms with Crippen LogP contribution in [-0.4, -0.2) is 24.2 Å². The van der Waals surface area contributed by atoms with E-state index < -0.39 is 4.92 Å². The van der Waals surface area contributed by atoms with E-state index in [9.17, 15) is 14.9 Å². The Morgan fingerprint density at radius 1 is 1.19 bits per heavy atom. The third-order valence-electron chi connectivity index (χ3n) is 4.27. The molecule has 0 spiro atoms. The number of nitro benzene ring substituents is 1. The maximum absolute atomic E-state index is 12.1. The van der Waals surface area contributed by atoms with Crippen LogP contribution >= 0.6 is 27.5 Å². The number of non-ortho nitro benzene ring substituents is 1. The van der Waals surface area contributed by atoms with Crippen molar-refractivity contribution < 1.29 is 19.2 Å². The summed E-state index contributed by atoms with van der Waals surface area (Å²) in [7, 11) is 1.50. The molecule has 1 amide bonds. The molecule has 8 nitrogen and oxygen atoms in total. The number of halogens is 2. The van der Waals surface area contributed by atoms with Gasteiger partial charge in [-0.25, -0.2) is 5.43 Å². The first kappa shape index (κ1) is 23.2. The van der Waals surface area contributed by atoms with E-state index >= 15 is 0 Å². The average Bonchev–Trinajstić information content (AvgIpc) is 2.78. The average molecular weight is 519 g/mol. The van der Waals surface area contributed by atoms with Crippen LogP contribution in [0.1, 0.15) is 21.5 Å². The Hall–Kier alpha value is -3.43. The molecule has 0 aliphatic carbocycles. The number of carbonyl (C=O) groups excluding carboxylic acids is 1. The Balaban J connectivity index is 1.67. The second kappa shape index (κ2) is 10.7. The first-order valence-corrected chi connectivity index (χ1v) is 10.4. The number of nitrogens with one attached hydrogen (secondary N) is 1. The van der Waals surface area contributed by atoms with E-state index in [-0.39, 0.29) is 18.2 Å². The van der Waals surface area contributed by atoms with Crippen molar-refractivity contribution in [3.05, 3.63) is 97.0 Å². The molecule has 0 fully saturated rings. The van der Waals surface area contributed by atoms with Gasteiger partial charge in [-0.15, -0.1) is 0 Å². The highest BCUT2D eigenvalue weighted by Crippen LogP contribution is 2.37. The first-order valence-electron chi connectivity index (χ1n) is 9.20. The SMILES string of the molecule is COc1cc(/C=N/NC(=O)c2ccc(Cl)cc2)cc(Br)c1OCc1ccc([N+](=O)[O-])cc1. The van der Waals surface area contributed by atoms with Gasteiger partial charge in [0.05, 0.1) is 22.7 Å². The summed E-state index contributed by atoms with van der Waals surface area (Å²) in [6.45, 7) is 0.192. The van der Waals surface area contributed by atoms with Gasteiger partial charge in [-0.05, 0) is 75.6 Å². The number of hydrazone groups is 1. The highest BCUT2D eigenvalue weighted by molar-refractivity contribution is 9.10. The van der Waals surface area contributed by atoms with Crippen LogP contribution < -0.4 is 14.9 Å². The second-order valence-electron chi connectivity index (χ2n) is 6.45. The van der Waals surface area contributed by atoms with E-state index in [0.717, 1.165) is 5.56 Å². The first-order chi connectivity index (χ1) is 15.4. The summed E-state index contributed by atoms with van der Waals surface area (Å²) in [5.74, 6) is 0.548. The minimum atomic E-state index is -0.456. The van der Waals surface area contributed by atoms with Crippen molar-refractivity contribution in [2.75, 3.05) is 7.11 Å². The molecule has 0 aliphatic rings. The summed E-state index contributed by atoms with van der Waals surface area (Å²) in [5, 5.41) is 15.3. The lowest BCUT2D eigenvalue weighted by Crippen LogP contribution is -2.17. The van der Waals surface area contributed by atoms with Crippen LogP contribution in [-0.2, 0) is 6.61 Å². The number of amides is 1. The molecule has 0 heterocycles. The Labute approximate surface area is 197 Å². The van der Waals surface area contributed by atoms with E-state index in [2.05, 4.69) is 26.5 Å². The minimum absolute atomic E-state index is 0.0132. The molecule has 0 unspecified atom stereocenters. The fraction of sp³-hybridized carbons (Fsp3) is 0.0909. The van der Waals surface area contributed by atoms with E-state index in [4.69, 9.17) is 21.1 Å². The lowest BCUT2D eigenvalue weighted by Gasteiger charge is -2.13. The summed E-state index contributed by atoms with van der Waals surface area (Å²) in [4.78, 5) is 22.4. The van der Waals surface area contributed by atoms with Crippen molar-refractivity contribution in [1.29, 1.82) is 0 Å². The van der Waals surface area contributed by atoms with E-state index in [0.29, 0.717) is 32.1 Å². The number of methoxy groups -OCH3 is 1. The topological polar surface area (TPSA) is 103 Å². The Bertz CT molecular complexity index is 1150. The van der Waals surface area contributed by atoms with Crippen molar-refractivity contribution in [2.45, 2.75) is 6.61 Å². The number of nitro groups is 1. The number of rotatable bonds is 8. The fourth-order valence-corrected chi connectivity index (χ4v) is 3.36. The van der Waals surface area contributed by atoms with Gasteiger partial charge >= 0.3 is 0 Å². The molecule has 1 N–H and O–H groups in total. The predicted molar refractivity (Wildman–Crippen MR) is 125 cm³/mol. The van der Waals surface area contributed by atoms with Gasteiger partial charge in [0.1, 0.15) is 6.61 Å². The zero-order valence-corrected chi connectivity index (χ0v) is 19.1. The van der Waals surface area contributed by atoms with Gasteiger partial charge in [0.2, 0.25) is 0 Å². The van der Waals surface area contributed by atoms with E-state index in [1.807, 2.05) is 0 Å². The van der Waals surface area contributed by atoms with Crippen molar-refractivity contribution in [2.24, 2.45) is 5.10 Å². The van der Waals surface area contributed by atoms with Crippen molar-refractivity contribution in [3.63, 3.8) is 0 Å². The van der Waals surface area contributed by atoms with Gasteiger partial charge in [0, 0.05) is 22.7 Å². The molecular formula is C22H17BrClN3O5. The second-order valence-corrected chi connectivity index (χ2v) is 7.74. The van der Waals surface area contributed by atoms with E-state index in [1.54, 1.807) is 48.5 Å². The molecule has 0 saturated heterocycles. The maximum atomic E-state index is 12.1. The molecule has 0 bridgehead atoms. The summed E-state index contributed by atoms with van der Waals surface area (Å²) in [6, 6.07) is 16.0. The van der Waals surface area contributed by atoms with Crippen LogP contribution in [0, 0.1) is 10.1 Å². The van der Waals surface area contributed by atoms with Gasteiger partial charge in [-0.1, -0.05) is 11.6 Å². The predicted octanol–water partition coefficient (Wildman–Crippen LogP) is 5.36. The smallest absolute Gasteiger partial charge is 0.271 e. The molecule has 0 saturated carbocycles. The van der Waals surface area contributed by atoms with E-state index in [1.165, 1.54) is 25.5 Å². The third kappa shape index (κ3) is 6.05. The van der Waals surface area contributed by atoms with Crippen LogP contribution in [0.25, 0.3) is 0 Å². The lowest BCUT2D eigenvalue weighted by atomic mass is 10.2. The van der Waals surface area contributed by atoms with Crippen molar-refractivity contribution in [1.82, 2.24) is 5.43 Å². The Kier molecular flexibility index (Phi) is 7.80. The number of hydrogen-bond donors (Lipinski definition) is 1. The molecule has 3 aromatic carbocycles. The van der Waals surface area contributed by atoms with Crippen LogP contribution in [0.5, 0.6) is 11.5 Å². The molecule has 0 aliphatic heterocycles. The van der Waals surface area contributed by atoms with Crippen molar-refractivity contribution >= 4 is 45.3 Å². The number of ether oxygens (including phenoxy) is 2. The molecule has 0 radical (unpaired) electrons. The maximum Gasteiger partial charge on any atom is 0.271 e. The summed E-state index contributed by atoms with van der Waals surface area (Å²) < 4.78 is 11.9. The summed E-state index contributed by atoms with van der Waals surface area (Å²) in [6.07, 6.45) is 1.47. The van der Waals surface area contributed by atoms with Gasteiger partial charge in [-0.2, -0.15) is 5.10 Å². The van der Waals surface area contributed by atoms with Gasteiger partial charge < -0.3 is 9.47 Å². The minimum Gasteiger partial charge on any atom is -0.493 e. The normalized spacial score (nSPS) is 10.7. The van der Waals surface area contributed by atoms with Gasteiger partial charge in [0.15, 0.2) is 11.5 Å². The standard InChI is InChI=1S/C22H17BrClN3O5/c1-31-20-11-15(12-25-26-22(28)16-4-6-17(24)7-5-16)10-19(23)21(20)32-13-14-2-8-18(9-3-14)27(29)30/h2-12H,13H2,1H3,(H,26,28)/b25-12+. The molecule has 3 aromatic rings. The third-order valence-corrected chi connectivity index (χ3v) is 5.11. The highest BCUT2D eigenvalue weighted by atomic mass is 79.9. The molecule has 0 aromatic heterocycles. The number of benzene rings is 3. The molecule has 3 rings (SSSR count). The molecule has 10 heteroatoms. The van der Waals surface area contributed by atoms with Crippen molar-refractivity contribution in [3.8, 4) is 11.5 Å². The molecule has 32 heavy (non-hydrogen) atoms. The fourth-order valence-electron chi connectivity index (χ4n) is 2.66. The lowest BCUT2D eigenvalue weighted by molar-refractivity contribution is -0.384. The van der Waals surface area contributed by atoms with Gasteiger partial charge in [0.25, 0.3) is 11.6 Å². The monoisotopic (exact) mass is 517 g/mol. The van der Waals surface area contributed by atoms with Crippen LogP contribution in [0.3, 0.4) is 0 Å². The summed E-state index contributed by atoms with van der Waals surface area (Å²) in [5.41, 5.74) is 4.32. The van der Waals surface area contributed by atoms with Crippen LogP contribution in [0.4, 0.5) is 5.69 Å². The number of nitrogens with zero attached hydrogens (tertiary/aromatic N) is 2.